The van der Waals surface area contributed by atoms with Crippen LogP contribution in [0.15, 0.2) is 36.4 Å². The minimum atomic E-state index is -0.455. The van der Waals surface area contributed by atoms with Crippen molar-refractivity contribution in [3.63, 3.8) is 0 Å². The number of hydrogen-bond donors (Lipinski definition) is 1. The van der Waals surface area contributed by atoms with Gasteiger partial charge in [-0.2, -0.15) is 0 Å². The number of hydrogen-bond acceptors (Lipinski definition) is 6. The van der Waals surface area contributed by atoms with Crippen LogP contribution in [0.5, 0.6) is 0 Å². The van der Waals surface area contributed by atoms with Crippen molar-refractivity contribution in [2.45, 2.75) is 0 Å². The first kappa shape index (κ1) is 14.3. The van der Waals surface area contributed by atoms with Crippen LogP contribution >= 0.6 is 22.9 Å². The van der Waals surface area contributed by atoms with Gasteiger partial charge in [0.05, 0.1) is 23.5 Å². The Bertz CT molecular complexity index is 907. The number of nitrogens with one attached hydrogen (secondary N) is 1. The molecule has 2 aromatic heterocycles. The van der Waals surface area contributed by atoms with E-state index in [-0.39, 0.29) is 11.8 Å². The summed E-state index contributed by atoms with van der Waals surface area (Å²) in [5.74, 6) is 0.257. The molecule has 0 radical (unpaired) electrons. The van der Waals surface area contributed by atoms with Gasteiger partial charge >= 0.3 is 0 Å². The van der Waals surface area contributed by atoms with E-state index in [4.69, 9.17) is 21.1 Å². The minimum Gasteiger partial charge on any atom is -0.462 e. The Labute approximate surface area is 139 Å². The van der Waals surface area contributed by atoms with Gasteiger partial charge in [0.15, 0.2) is 5.76 Å². The predicted octanol–water partition coefficient (Wildman–Crippen LogP) is 3.51. The Balaban J connectivity index is 1.62. The Morgan fingerprint density at radius 1 is 1.43 bits per heavy atom. The zero-order valence-corrected chi connectivity index (χ0v) is 13.2. The second-order valence-corrected chi connectivity index (χ2v) is 6.10. The summed E-state index contributed by atoms with van der Waals surface area (Å²) < 4.78 is 25.2. The Hall–Kier alpha value is -2.32. The first-order chi connectivity index (χ1) is 11.2. The predicted molar refractivity (Wildman–Crippen MR) is 84.9 cm³/mol. The maximum Gasteiger partial charge on any atom is 0.229 e. The lowest BCUT2D eigenvalue weighted by atomic mass is 10.2. The molecule has 0 atom stereocenters. The molecule has 0 saturated carbocycles. The summed E-state index contributed by atoms with van der Waals surface area (Å²) in [6.45, 7) is 0.724. The van der Waals surface area contributed by atoms with Gasteiger partial charge in [0, 0.05) is 5.56 Å². The number of nitrogens with zero attached hydrogens (tertiary/aromatic N) is 3. The molecule has 4 rings (SSSR count). The van der Waals surface area contributed by atoms with E-state index in [9.17, 15) is 4.39 Å². The molecule has 0 aliphatic carbocycles. The first-order valence-electron chi connectivity index (χ1n) is 6.68. The molecule has 3 aromatic rings. The summed E-state index contributed by atoms with van der Waals surface area (Å²) >= 11 is 7.25. The van der Waals surface area contributed by atoms with E-state index in [1.807, 2.05) is 0 Å². The molecule has 0 fully saturated rings. The van der Waals surface area contributed by atoms with Crippen LogP contribution in [-0.2, 0) is 9.47 Å². The first-order valence-corrected chi connectivity index (χ1v) is 7.87. The highest BCUT2D eigenvalue weighted by molar-refractivity contribution is 7.20. The van der Waals surface area contributed by atoms with Gasteiger partial charge < -0.3 is 14.8 Å². The van der Waals surface area contributed by atoms with Gasteiger partial charge in [0.2, 0.25) is 16.9 Å². The van der Waals surface area contributed by atoms with E-state index in [0.717, 1.165) is 16.2 Å². The number of rotatable bonds is 4. The van der Waals surface area contributed by atoms with E-state index in [2.05, 4.69) is 15.4 Å². The van der Waals surface area contributed by atoms with Crippen LogP contribution in [0.2, 0.25) is 5.02 Å². The summed E-state index contributed by atoms with van der Waals surface area (Å²) in [7, 11) is 0. The molecule has 3 heterocycles. The van der Waals surface area contributed by atoms with E-state index < -0.39 is 5.82 Å². The van der Waals surface area contributed by atoms with Crippen molar-refractivity contribution >= 4 is 33.0 Å². The van der Waals surface area contributed by atoms with Gasteiger partial charge in [-0.25, -0.2) is 13.9 Å². The fraction of sp³-hybridized carbons (Fsp3) is 0.143. The van der Waals surface area contributed by atoms with Crippen molar-refractivity contribution in [1.29, 1.82) is 0 Å². The highest BCUT2D eigenvalue weighted by atomic mass is 35.5. The average molecular weight is 353 g/mol. The molecule has 0 unspecified atom stereocenters. The molecule has 1 N–H and O–H groups in total. The van der Waals surface area contributed by atoms with Crippen LogP contribution in [0.3, 0.4) is 0 Å². The number of fused-ring (bicyclic) bond motifs is 1. The maximum atomic E-state index is 13.3. The van der Waals surface area contributed by atoms with E-state index in [1.165, 1.54) is 17.4 Å². The van der Waals surface area contributed by atoms with Crippen LogP contribution in [-0.4, -0.2) is 27.9 Å². The minimum absolute atomic E-state index is 0.0661. The van der Waals surface area contributed by atoms with Crippen molar-refractivity contribution in [3.8, 4) is 11.3 Å². The SMILES string of the molecule is Fc1ccc(-c2cnc3sc(NCC4=COCO4)nn23)cc1Cl. The summed E-state index contributed by atoms with van der Waals surface area (Å²) in [4.78, 5) is 5.04. The molecule has 0 bridgehead atoms. The van der Waals surface area contributed by atoms with Crippen molar-refractivity contribution in [2.75, 3.05) is 18.7 Å². The van der Waals surface area contributed by atoms with Gasteiger partial charge in [-0.15, -0.1) is 5.10 Å². The Kier molecular flexibility index (Phi) is 3.55. The third kappa shape index (κ3) is 2.71. The molecule has 6 nitrogen and oxygen atoms in total. The largest absolute Gasteiger partial charge is 0.462 e. The number of imidazole rings is 1. The van der Waals surface area contributed by atoms with Crippen LogP contribution in [0.1, 0.15) is 0 Å². The molecule has 23 heavy (non-hydrogen) atoms. The molecule has 1 aromatic carbocycles. The number of ether oxygens (including phenoxy) is 2. The molecular formula is C14H10ClFN4O2S. The third-order valence-electron chi connectivity index (χ3n) is 3.24. The van der Waals surface area contributed by atoms with Crippen molar-refractivity contribution in [1.82, 2.24) is 14.6 Å². The summed E-state index contributed by atoms with van der Waals surface area (Å²) in [6.07, 6.45) is 3.25. The monoisotopic (exact) mass is 352 g/mol. The van der Waals surface area contributed by atoms with Crippen LogP contribution in [0, 0.1) is 5.82 Å². The lowest BCUT2D eigenvalue weighted by molar-refractivity contribution is 0.0805. The topological polar surface area (TPSA) is 60.7 Å². The number of aromatic nitrogens is 3. The van der Waals surface area contributed by atoms with E-state index in [0.29, 0.717) is 17.4 Å². The molecule has 0 spiro atoms. The summed E-state index contributed by atoms with van der Waals surface area (Å²) in [5.41, 5.74) is 1.49. The summed E-state index contributed by atoms with van der Waals surface area (Å²) in [5, 5.41) is 8.37. The second kappa shape index (κ2) is 5.71. The van der Waals surface area contributed by atoms with Gasteiger partial charge in [-0.05, 0) is 18.2 Å². The molecule has 118 valence electrons. The third-order valence-corrected chi connectivity index (χ3v) is 4.41. The van der Waals surface area contributed by atoms with E-state index >= 15 is 0 Å². The number of anilines is 1. The fourth-order valence-corrected chi connectivity index (χ4v) is 3.09. The van der Waals surface area contributed by atoms with Gasteiger partial charge in [-0.1, -0.05) is 22.9 Å². The Morgan fingerprint density at radius 3 is 3.13 bits per heavy atom. The lowest BCUT2D eigenvalue weighted by Crippen LogP contribution is -2.05. The number of benzene rings is 1. The highest BCUT2D eigenvalue weighted by Gasteiger charge is 2.14. The van der Waals surface area contributed by atoms with Crippen molar-refractivity contribution in [3.05, 3.63) is 47.3 Å². The quantitative estimate of drug-likeness (QED) is 0.778. The normalized spacial score (nSPS) is 13.7. The zero-order chi connectivity index (χ0) is 15.8. The second-order valence-electron chi connectivity index (χ2n) is 4.74. The maximum absolute atomic E-state index is 13.3. The van der Waals surface area contributed by atoms with Crippen molar-refractivity contribution < 1.29 is 13.9 Å². The zero-order valence-electron chi connectivity index (χ0n) is 11.6. The Morgan fingerprint density at radius 2 is 2.35 bits per heavy atom. The molecular weight excluding hydrogens is 343 g/mol. The van der Waals surface area contributed by atoms with Gasteiger partial charge in [-0.3, -0.25) is 0 Å². The van der Waals surface area contributed by atoms with Crippen LogP contribution in [0.4, 0.5) is 9.52 Å². The fourth-order valence-electron chi connectivity index (χ4n) is 2.14. The van der Waals surface area contributed by atoms with Gasteiger partial charge in [0.25, 0.3) is 0 Å². The lowest BCUT2D eigenvalue weighted by Gasteiger charge is -2.02. The average Bonchev–Trinajstić information content (AvgIpc) is 3.24. The number of halogens is 2. The van der Waals surface area contributed by atoms with Crippen LogP contribution in [0.25, 0.3) is 16.2 Å². The molecule has 0 amide bonds. The van der Waals surface area contributed by atoms with Gasteiger partial charge in [0.1, 0.15) is 12.1 Å². The van der Waals surface area contributed by atoms with Crippen LogP contribution < -0.4 is 5.32 Å². The summed E-state index contributed by atoms with van der Waals surface area (Å²) in [6, 6.07) is 4.53. The molecule has 1 aliphatic heterocycles. The smallest absolute Gasteiger partial charge is 0.229 e. The molecule has 0 saturated heterocycles. The highest BCUT2D eigenvalue weighted by Crippen LogP contribution is 2.28. The van der Waals surface area contributed by atoms with E-state index in [1.54, 1.807) is 29.1 Å². The van der Waals surface area contributed by atoms with Crippen molar-refractivity contribution in [2.24, 2.45) is 0 Å². The standard InChI is InChI=1S/C14H10ClFN4O2S/c15-10-3-8(1-2-11(10)16)12-5-18-14-20(12)19-13(23-14)17-4-9-6-21-7-22-9/h1-3,5-6H,4,7H2,(H,17,19). The molecule has 1 aliphatic rings. The molecule has 9 heteroatoms.